The monoisotopic (exact) mass is 210 g/mol. The topological polar surface area (TPSA) is 66.8 Å². The predicted octanol–water partition coefficient (Wildman–Crippen LogP) is 0.939. The standard InChI is InChI=1S/C9H8BFO4/c11-6-2-1-5-3-4-10(14)15-8(5)7(6)9(12)13/h1-2,14H,3-4H2,(H,12,13). The molecule has 4 nitrogen and oxygen atoms in total. The molecular formula is C9H8BFO4. The summed E-state index contributed by atoms with van der Waals surface area (Å²) in [5.74, 6) is -2.30. The average molecular weight is 210 g/mol. The lowest BCUT2D eigenvalue weighted by molar-refractivity contribution is 0.0689. The molecule has 6 heteroatoms. The molecule has 1 heterocycles. The molecule has 78 valence electrons. The molecule has 1 aromatic carbocycles. The van der Waals surface area contributed by atoms with Gasteiger partial charge in [0.1, 0.15) is 17.1 Å². The van der Waals surface area contributed by atoms with E-state index >= 15 is 0 Å². The van der Waals surface area contributed by atoms with E-state index in [0.29, 0.717) is 18.3 Å². The number of hydrogen-bond acceptors (Lipinski definition) is 3. The number of aromatic carboxylic acids is 1. The van der Waals surface area contributed by atoms with Crippen LogP contribution in [-0.4, -0.2) is 23.2 Å². The molecule has 0 atom stereocenters. The van der Waals surface area contributed by atoms with E-state index in [0.717, 1.165) is 6.07 Å². The van der Waals surface area contributed by atoms with Gasteiger partial charge >= 0.3 is 13.1 Å². The molecule has 15 heavy (non-hydrogen) atoms. The van der Waals surface area contributed by atoms with Gasteiger partial charge in [-0.3, -0.25) is 0 Å². The molecule has 0 radical (unpaired) electrons. The van der Waals surface area contributed by atoms with Crippen molar-refractivity contribution in [3.05, 3.63) is 29.1 Å². The highest BCUT2D eigenvalue weighted by Crippen LogP contribution is 2.31. The molecule has 0 saturated heterocycles. The van der Waals surface area contributed by atoms with Crippen molar-refractivity contribution < 1.29 is 24.0 Å². The summed E-state index contributed by atoms with van der Waals surface area (Å²) >= 11 is 0. The van der Waals surface area contributed by atoms with Crippen molar-refractivity contribution in [3.63, 3.8) is 0 Å². The number of carbonyl (C=O) groups is 1. The van der Waals surface area contributed by atoms with Gasteiger partial charge < -0.3 is 14.8 Å². The number of halogens is 1. The van der Waals surface area contributed by atoms with Gasteiger partial charge in [0, 0.05) is 0 Å². The number of carboxylic acids is 1. The molecule has 0 amide bonds. The second-order valence-electron chi connectivity index (χ2n) is 3.33. The molecule has 0 fully saturated rings. The Hall–Kier alpha value is -1.56. The van der Waals surface area contributed by atoms with Crippen molar-refractivity contribution in [2.24, 2.45) is 0 Å². The van der Waals surface area contributed by atoms with Gasteiger partial charge in [-0.15, -0.1) is 0 Å². The summed E-state index contributed by atoms with van der Waals surface area (Å²) in [6, 6.07) is 2.58. The summed E-state index contributed by atoms with van der Waals surface area (Å²) in [6.45, 7) is 0. The van der Waals surface area contributed by atoms with E-state index in [9.17, 15) is 14.2 Å². The zero-order valence-electron chi connectivity index (χ0n) is 7.74. The summed E-state index contributed by atoms with van der Waals surface area (Å²) in [6.07, 6.45) is 0.870. The molecule has 0 unspecified atom stereocenters. The van der Waals surface area contributed by atoms with E-state index in [-0.39, 0.29) is 5.75 Å². The highest BCUT2D eigenvalue weighted by Gasteiger charge is 2.29. The zero-order chi connectivity index (χ0) is 11.0. The molecule has 2 rings (SSSR count). The maximum absolute atomic E-state index is 13.2. The Balaban J connectivity index is 2.57. The smallest absolute Gasteiger partial charge is 0.522 e. The molecule has 0 saturated carbocycles. The molecular weight excluding hydrogens is 202 g/mol. The fraction of sp³-hybridized carbons (Fsp3) is 0.222. The van der Waals surface area contributed by atoms with Crippen LogP contribution in [0.15, 0.2) is 12.1 Å². The van der Waals surface area contributed by atoms with Gasteiger partial charge in [-0.2, -0.15) is 0 Å². The Kier molecular flexibility index (Phi) is 2.36. The number of rotatable bonds is 1. The second-order valence-corrected chi connectivity index (χ2v) is 3.33. The van der Waals surface area contributed by atoms with Crippen LogP contribution >= 0.6 is 0 Å². The summed E-state index contributed by atoms with van der Waals surface area (Å²) in [5.41, 5.74) is 0.102. The Labute approximate surface area is 85.4 Å². The van der Waals surface area contributed by atoms with Crippen LogP contribution in [0.5, 0.6) is 5.75 Å². The second kappa shape index (κ2) is 3.54. The first-order valence-electron chi connectivity index (χ1n) is 4.49. The number of hydrogen-bond donors (Lipinski definition) is 2. The first-order valence-corrected chi connectivity index (χ1v) is 4.49. The van der Waals surface area contributed by atoms with Crippen LogP contribution in [0.3, 0.4) is 0 Å². The predicted molar refractivity (Wildman–Crippen MR) is 50.5 cm³/mol. The van der Waals surface area contributed by atoms with Crippen LogP contribution in [0, 0.1) is 5.82 Å². The Morgan fingerprint density at radius 1 is 1.53 bits per heavy atom. The minimum absolute atomic E-state index is 0.0544. The minimum atomic E-state index is -1.39. The van der Waals surface area contributed by atoms with Gasteiger partial charge in [-0.1, -0.05) is 6.07 Å². The quantitative estimate of drug-likeness (QED) is 0.676. The lowest BCUT2D eigenvalue weighted by Crippen LogP contribution is -2.28. The van der Waals surface area contributed by atoms with Crippen molar-refractivity contribution in [1.82, 2.24) is 0 Å². The maximum Gasteiger partial charge on any atom is 0.522 e. The summed E-state index contributed by atoms with van der Waals surface area (Å²) in [7, 11) is -1.06. The molecule has 0 spiro atoms. The van der Waals surface area contributed by atoms with Crippen LogP contribution in [0.25, 0.3) is 0 Å². The van der Waals surface area contributed by atoms with E-state index in [1.165, 1.54) is 6.07 Å². The van der Waals surface area contributed by atoms with Gasteiger partial charge in [0.2, 0.25) is 0 Å². The molecule has 1 aliphatic rings. The van der Waals surface area contributed by atoms with Crippen LogP contribution in [-0.2, 0) is 6.42 Å². The normalized spacial score (nSPS) is 14.4. The largest absolute Gasteiger partial charge is 0.535 e. The van der Waals surface area contributed by atoms with Gasteiger partial charge in [0.05, 0.1) is 0 Å². The third kappa shape index (κ3) is 1.68. The molecule has 0 bridgehead atoms. The van der Waals surface area contributed by atoms with Crippen molar-refractivity contribution in [1.29, 1.82) is 0 Å². The highest BCUT2D eigenvalue weighted by atomic mass is 19.1. The summed E-state index contributed by atoms with van der Waals surface area (Å²) in [5, 5.41) is 18.0. The number of fused-ring (bicyclic) bond motifs is 1. The SMILES string of the molecule is O=C(O)c1c(F)ccc2c1OB(O)CC2. The summed E-state index contributed by atoms with van der Waals surface area (Å²) in [4.78, 5) is 10.8. The van der Waals surface area contributed by atoms with Crippen molar-refractivity contribution in [3.8, 4) is 5.75 Å². The molecule has 1 aromatic rings. The van der Waals surface area contributed by atoms with Crippen LogP contribution in [0.2, 0.25) is 6.32 Å². The number of aryl methyl sites for hydroxylation is 1. The Morgan fingerprint density at radius 3 is 2.93 bits per heavy atom. The first kappa shape index (κ1) is 9.98. The maximum atomic E-state index is 13.2. The lowest BCUT2D eigenvalue weighted by atomic mass is 9.78. The van der Waals surface area contributed by atoms with Crippen molar-refractivity contribution in [2.45, 2.75) is 12.7 Å². The van der Waals surface area contributed by atoms with Gasteiger partial charge in [0.25, 0.3) is 0 Å². The van der Waals surface area contributed by atoms with Gasteiger partial charge in [-0.25, -0.2) is 9.18 Å². The lowest BCUT2D eigenvalue weighted by Gasteiger charge is -2.21. The number of carboxylic acid groups (broad SMARTS) is 1. The van der Waals surface area contributed by atoms with Crippen molar-refractivity contribution in [2.75, 3.05) is 0 Å². The Bertz CT molecular complexity index is 421. The Morgan fingerprint density at radius 2 is 2.27 bits per heavy atom. The molecule has 1 aliphatic heterocycles. The molecule has 0 aromatic heterocycles. The van der Waals surface area contributed by atoms with E-state index in [4.69, 9.17) is 9.76 Å². The van der Waals surface area contributed by atoms with Gasteiger partial charge in [0.15, 0.2) is 0 Å². The molecule has 2 N–H and O–H groups in total. The summed E-state index contributed by atoms with van der Waals surface area (Å²) < 4.78 is 18.2. The fourth-order valence-electron chi connectivity index (χ4n) is 1.61. The molecule has 0 aliphatic carbocycles. The zero-order valence-corrected chi connectivity index (χ0v) is 7.74. The highest BCUT2D eigenvalue weighted by molar-refractivity contribution is 6.44. The van der Waals surface area contributed by atoms with Crippen molar-refractivity contribution >= 4 is 13.1 Å². The van der Waals surface area contributed by atoms with E-state index < -0.39 is 24.5 Å². The minimum Gasteiger partial charge on any atom is -0.535 e. The van der Waals surface area contributed by atoms with Crippen LogP contribution in [0.1, 0.15) is 15.9 Å². The van der Waals surface area contributed by atoms with E-state index in [1.807, 2.05) is 0 Å². The average Bonchev–Trinajstić information content (AvgIpc) is 2.16. The van der Waals surface area contributed by atoms with Crippen LogP contribution < -0.4 is 4.65 Å². The van der Waals surface area contributed by atoms with E-state index in [1.54, 1.807) is 0 Å². The fourth-order valence-corrected chi connectivity index (χ4v) is 1.61. The number of benzene rings is 1. The first-order chi connectivity index (χ1) is 7.09. The third-order valence-corrected chi connectivity index (χ3v) is 2.32. The van der Waals surface area contributed by atoms with E-state index in [2.05, 4.69) is 0 Å². The van der Waals surface area contributed by atoms with Gasteiger partial charge in [-0.05, 0) is 24.4 Å². The van der Waals surface area contributed by atoms with Crippen LogP contribution in [0.4, 0.5) is 4.39 Å². The third-order valence-electron chi connectivity index (χ3n) is 2.32.